The molecule has 0 aliphatic rings. The van der Waals surface area contributed by atoms with Crippen molar-refractivity contribution in [3.63, 3.8) is 0 Å². The number of hydrogen-bond acceptors (Lipinski definition) is 3. The summed E-state index contributed by atoms with van der Waals surface area (Å²) in [5, 5.41) is 12.5. The zero-order valence-corrected chi connectivity index (χ0v) is 9.99. The van der Waals surface area contributed by atoms with E-state index in [0.29, 0.717) is 6.61 Å². The van der Waals surface area contributed by atoms with Crippen LogP contribution < -0.4 is 5.11 Å². The Morgan fingerprint density at radius 1 is 1.31 bits per heavy atom. The van der Waals surface area contributed by atoms with Gasteiger partial charge in [-0.3, -0.25) is 0 Å². The summed E-state index contributed by atoms with van der Waals surface area (Å²) >= 11 is 0.815. The van der Waals surface area contributed by atoms with Crippen LogP contribution in [-0.4, -0.2) is 34.4 Å². The first-order chi connectivity index (χ1) is 6.18. The van der Waals surface area contributed by atoms with Gasteiger partial charge in [-0.05, 0) is 6.92 Å². The molecule has 0 unspecified atom stereocenters. The van der Waals surface area contributed by atoms with Crippen molar-refractivity contribution in [3.8, 4) is 0 Å². The van der Waals surface area contributed by atoms with Gasteiger partial charge in [0.25, 0.3) is 0 Å². The summed E-state index contributed by atoms with van der Waals surface area (Å²) in [5.41, 5.74) is 0. The molecule has 0 saturated heterocycles. The first-order valence-electron chi connectivity index (χ1n) is 4.78. The van der Waals surface area contributed by atoms with Gasteiger partial charge in [0.15, 0.2) is 0 Å². The Kier molecular flexibility index (Phi) is 17.2. The molecule has 0 saturated carbocycles. The first kappa shape index (κ1) is 15.4. The SMILES string of the molecule is CCOCCC(=O)[O-].C[CH2][Al+][CH2]C. The minimum absolute atomic E-state index is 0.00611. The third-order valence-corrected chi connectivity index (χ3v) is 2.39. The van der Waals surface area contributed by atoms with Crippen molar-refractivity contribution in [2.75, 3.05) is 13.2 Å². The fraction of sp³-hybridized carbons (Fsp3) is 0.889. The molecule has 0 aromatic heterocycles. The van der Waals surface area contributed by atoms with Crippen LogP contribution in [0, 0.1) is 0 Å². The van der Waals surface area contributed by atoms with Gasteiger partial charge in [-0.15, -0.1) is 0 Å². The second-order valence-electron chi connectivity index (χ2n) is 2.42. The molecule has 0 aromatic rings. The summed E-state index contributed by atoms with van der Waals surface area (Å²) in [7, 11) is 0. The van der Waals surface area contributed by atoms with E-state index < -0.39 is 5.97 Å². The van der Waals surface area contributed by atoms with Gasteiger partial charge in [-0.1, -0.05) is 0 Å². The monoisotopic (exact) mass is 202 g/mol. The normalized spacial score (nSPS) is 8.23. The molecule has 0 rings (SSSR count). The van der Waals surface area contributed by atoms with Gasteiger partial charge in [0, 0.05) is 19.0 Å². The van der Waals surface area contributed by atoms with Crippen molar-refractivity contribution >= 4 is 21.2 Å². The van der Waals surface area contributed by atoms with E-state index in [1.165, 1.54) is 10.6 Å². The van der Waals surface area contributed by atoms with Gasteiger partial charge < -0.3 is 14.6 Å². The Morgan fingerprint density at radius 2 is 1.85 bits per heavy atom. The second-order valence-corrected chi connectivity index (χ2v) is 4.63. The molecule has 0 aliphatic heterocycles. The number of rotatable bonds is 6. The number of carboxylic acid groups (broad SMARTS) is 1. The summed E-state index contributed by atoms with van der Waals surface area (Å²) in [6, 6.07) is 0. The van der Waals surface area contributed by atoms with E-state index in [9.17, 15) is 9.90 Å². The third kappa shape index (κ3) is 24.5. The van der Waals surface area contributed by atoms with E-state index in [2.05, 4.69) is 13.8 Å². The van der Waals surface area contributed by atoms with Crippen molar-refractivity contribution in [3.05, 3.63) is 0 Å². The van der Waals surface area contributed by atoms with Crippen LogP contribution in [-0.2, 0) is 9.53 Å². The second kappa shape index (κ2) is 14.5. The average Bonchev–Trinajstić information content (AvgIpc) is 2.07. The Bertz CT molecular complexity index is 105. The standard InChI is InChI=1S/C5H10O3.2C2H5.Al/c1-2-8-4-3-5(6)7;2*1-2;/h2-4H2,1H3,(H,6,7);2*1H2,2H3;/q;;;+1/p-1. The third-order valence-electron chi connectivity index (χ3n) is 1.23. The molecule has 76 valence electrons. The minimum atomic E-state index is -1.06. The Morgan fingerprint density at radius 3 is 2.08 bits per heavy atom. The van der Waals surface area contributed by atoms with E-state index >= 15 is 0 Å². The molecule has 0 N–H and O–H groups in total. The summed E-state index contributed by atoms with van der Waals surface area (Å²) in [4.78, 5) is 9.68. The van der Waals surface area contributed by atoms with E-state index in [-0.39, 0.29) is 13.0 Å². The Balaban J connectivity index is 0. The quantitative estimate of drug-likeness (QED) is 0.471. The van der Waals surface area contributed by atoms with Gasteiger partial charge in [-0.2, -0.15) is 0 Å². The predicted octanol–water partition coefficient (Wildman–Crippen LogP) is 0.730. The van der Waals surface area contributed by atoms with Crippen LogP contribution in [0.4, 0.5) is 0 Å². The van der Waals surface area contributed by atoms with Gasteiger partial charge in [-0.25, -0.2) is 0 Å². The van der Waals surface area contributed by atoms with Crippen molar-refractivity contribution in [1.29, 1.82) is 0 Å². The van der Waals surface area contributed by atoms with Crippen LogP contribution in [0.15, 0.2) is 0 Å². The summed E-state index contributed by atoms with van der Waals surface area (Å²) in [6.45, 7) is 7.14. The summed E-state index contributed by atoms with van der Waals surface area (Å²) < 4.78 is 4.72. The summed E-state index contributed by atoms with van der Waals surface area (Å²) in [5.74, 6) is -1.06. The van der Waals surface area contributed by atoms with Crippen molar-refractivity contribution in [1.82, 2.24) is 0 Å². The van der Waals surface area contributed by atoms with E-state index in [4.69, 9.17) is 4.74 Å². The Hall–Kier alpha value is -0.0375. The molecule has 4 heteroatoms. The van der Waals surface area contributed by atoms with Crippen LogP contribution in [0.1, 0.15) is 27.2 Å². The molecule has 0 amide bonds. The molecule has 13 heavy (non-hydrogen) atoms. The maximum atomic E-state index is 9.68. The van der Waals surface area contributed by atoms with Gasteiger partial charge >= 0.3 is 39.6 Å². The Labute approximate surface area is 87.2 Å². The van der Waals surface area contributed by atoms with Crippen molar-refractivity contribution in [2.45, 2.75) is 37.8 Å². The van der Waals surface area contributed by atoms with E-state index in [1.807, 2.05) is 6.92 Å². The van der Waals surface area contributed by atoms with Crippen LogP contribution in [0.2, 0.25) is 10.6 Å². The molecule has 0 radical (unpaired) electrons. The number of carbonyl (C=O) groups is 1. The molecule has 0 aliphatic carbocycles. The first-order valence-corrected chi connectivity index (χ1v) is 6.41. The molecule has 0 spiro atoms. The topological polar surface area (TPSA) is 49.4 Å². The van der Waals surface area contributed by atoms with E-state index in [0.717, 1.165) is 15.2 Å². The molecule has 0 heterocycles. The zero-order valence-electron chi connectivity index (χ0n) is 8.84. The zero-order chi connectivity index (χ0) is 10.5. The molecular weight excluding hydrogens is 183 g/mol. The fourth-order valence-corrected chi connectivity index (χ4v) is 1.17. The fourth-order valence-electron chi connectivity index (χ4n) is 0.589. The van der Waals surface area contributed by atoms with Crippen molar-refractivity contribution < 1.29 is 14.6 Å². The van der Waals surface area contributed by atoms with Crippen LogP contribution in [0.3, 0.4) is 0 Å². The predicted molar refractivity (Wildman–Crippen MR) is 52.8 cm³/mol. The van der Waals surface area contributed by atoms with E-state index in [1.54, 1.807) is 0 Å². The maximum absolute atomic E-state index is 9.68. The number of carbonyl (C=O) groups excluding carboxylic acids is 1. The molecule has 0 fully saturated rings. The van der Waals surface area contributed by atoms with Crippen molar-refractivity contribution in [2.24, 2.45) is 0 Å². The van der Waals surface area contributed by atoms with Crippen LogP contribution in [0.25, 0.3) is 0 Å². The number of aliphatic carboxylic acids is 1. The number of hydrogen-bond donors (Lipinski definition) is 0. The van der Waals surface area contributed by atoms with Crippen LogP contribution in [0.5, 0.6) is 0 Å². The number of carboxylic acids is 1. The molecular formula is C9H19AlO3. The average molecular weight is 202 g/mol. The molecule has 0 bridgehead atoms. The van der Waals surface area contributed by atoms with Gasteiger partial charge in [0.1, 0.15) is 0 Å². The van der Waals surface area contributed by atoms with Gasteiger partial charge in [0.05, 0.1) is 6.61 Å². The molecule has 3 nitrogen and oxygen atoms in total. The molecule has 0 atom stereocenters. The number of ether oxygens (including phenoxy) is 1. The molecule has 0 aromatic carbocycles. The van der Waals surface area contributed by atoms with Crippen LogP contribution >= 0.6 is 0 Å². The summed E-state index contributed by atoms with van der Waals surface area (Å²) in [6.07, 6.45) is -0.00611. The van der Waals surface area contributed by atoms with Gasteiger partial charge in [0.2, 0.25) is 0 Å².